The summed E-state index contributed by atoms with van der Waals surface area (Å²) in [5, 5.41) is 1.16. The topological polar surface area (TPSA) is 42.1 Å². The Bertz CT molecular complexity index is 467. The van der Waals surface area contributed by atoms with Crippen LogP contribution >= 0.6 is 11.5 Å². The normalized spacial score (nSPS) is 14.3. The molecule has 0 bridgehead atoms. The minimum Gasteiger partial charge on any atom is -0.383 e. The number of nitrogens with two attached hydrogens (primary N) is 1. The summed E-state index contributed by atoms with van der Waals surface area (Å²) in [7, 11) is 0. The van der Waals surface area contributed by atoms with E-state index in [9.17, 15) is 0 Å². The lowest BCUT2D eigenvalue weighted by molar-refractivity contribution is 0.892. The zero-order chi connectivity index (χ0) is 10.3. The van der Waals surface area contributed by atoms with Gasteiger partial charge in [-0.15, -0.1) is 0 Å². The molecule has 2 aromatic rings. The summed E-state index contributed by atoms with van der Waals surface area (Å²) in [6.07, 6.45) is 0. The predicted molar refractivity (Wildman–Crippen MR) is 62.9 cm³/mol. The van der Waals surface area contributed by atoms with E-state index in [1.54, 1.807) is 0 Å². The maximum Gasteiger partial charge on any atom is 0.139 e. The number of anilines is 2. The van der Waals surface area contributed by atoms with Crippen molar-refractivity contribution in [3.05, 3.63) is 41.5 Å². The van der Waals surface area contributed by atoms with Crippen LogP contribution in [0.3, 0.4) is 0 Å². The average molecular weight is 217 g/mol. The number of benzene rings is 1. The molecule has 76 valence electrons. The molecule has 0 atom stereocenters. The lowest BCUT2D eigenvalue weighted by Crippen LogP contribution is -2.12. The molecule has 15 heavy (non-hydrogen) atoms. The molecule has 0 saturated heterocycles. The Hall–Kier alpha value is -1.55. The summed E-state index contributed by atoms with van der Waals surface area (Å²) in [4.78, 5) is 2.30. The number of nitrogen functional groups attached to an aromatic ring is 1. The third kappa shape index (κ3) is 1.47. The highest BCUT2D eigenvalue weighted by Crippen LogP contribution is 2.31. The summed E-state index contributed by atoms with van der Waals surface area (Å²) in [6, 6.07) is 10.5. The number of rotatable bonds is 1. The van der Waals surface area contributed by atoms with Crippen molar-refractivity contribution in [2.45, 2.75) is 13.1 Å². The van der Waals surface area contributed by atoms with E-state index in [1.807, 2.05) is 6.07 Å². The average Bonchev–Trinajstić information content (AvgIpc) is 2.82. The van der Waals surface area contributed by atoms with Crippen molar-refractivity contribution in [1.82, 2.24) is 4.37 Å². The first-order valence-electron chi connectivity index (χ1n) is 4.87. The van der Waals surface area contributed by atoms with E-state index in [1.165, 1.54) is 22.7 Å². The fraction of sp³-hybridized carbons (Fsp3) is 0.182. The smallest absolute Gasteiger partial charge is 0.139 e. The first-order chi connectivity index (χ1) is 7.33. The lowest BCUT2D eigenvalue weighted by Gasteiger charge is -2.13. The molecule has 0 amide bonds. The van der Waals surface area contributed by atoms with E-state index >= 15 is 0 Å². The third-order valence-corrected chi connectivity index (χ3v) is 3.53. The third-order valence-electron chi connectivity index (χ3n) is 2.67. The molecule has 4 heteroatoms. The first kappa shape index (κ1) is 8.73. The zero-order valence-corrected chi connectivity index (χ0v) is 9.00. The summed E-state index contributed by atoms with van der Waals surface area (Å²) in [6.45, 7) is 1.94. The number of aromatic nitrogens is 1. The molecule has 1 aromatic heterocycles. The summed E-state index contributed by atoms with van der Waals surface area (Å²) in [5.41, 5.74) is 8.44. The van der Waals surface area contributed by atoms with Crippen LogP contribution < -0.4 is 10.6 Å². The summed E-state index contributed by atoms with van der Waals surface area (Å²) < 4.78 is 4.10. The monoisotopic (exact) mass is 217 g/mol. The van der Waals surface area contributed by atoms with Gasteiger partial charge >= 0.3 is 0 Å². The van der Waals surface area contributed by atoms with Crippen molar-refractivity contribution >= 4 is 22.4 Å². The van der Waals surface area contributed by atoms with Crippen molar-refractivity contribution in [2.24, 2.45) is 0 Å². The second-order valence-corrected chi connectivity index (χ2v) is 4.50. The van der Waals surface area contributed by atoms with Gasteiger partial charge in [-0.3, -0.25) is 0 Å². The Labute approximate surface area is 92.3 Å². The van der Waals surface area contributed by atoms with Crippen LogP contribution in [0.5, 0.6) is 0 Å². The van der Waals surface area contributed by atoms with Crippen molar-refractivity contribution in [1.29, 1.82) is 0 Å². The van der Waals surface area contributed by atoms with Gasteiger partial charge in [-0.25, -0.2) is 0 Å². The Kier molecular flexibility index (Phi) is 1.89. The molecular weight excluding hydrogens is 206 g/mol. The molecule has 0 radical (unpaired) electrons. The van der Waals surface area contributed by atoms with E-state index in [0.29, 0.717) is 5.82 Å². The largest absolute Gasteiger partial charge is 0.383 e. The van der Waals surface area contributed by atoms with E-state index in [2.05, 4.69) is 33.5 Å². The molecule has 0 fully saturated rings. The van der Waals surface area contributed by atoms with Gasteiger partial charge in [0.25, 0.3) is 0 Å². The molecule has 0 saturated carbocycles. The summed E-state index contributed by atoms with van der Waals surface area (Å²) >= 11 is 1.47. The van der Waals surface area contributed by atoms with E-state index in [0.717, 1.165) is 18.1 Å². The number of hydrogen-bond acceptors (Lipinski definition) is 4. The lowest BCUT2D eigenvalue weighted by atomic mass is 10.1. The van der Waals surface area contributed by atoms with Gasteiger partial charge in [-0.2, -0.15) is 4.37 Å². The standard InChI is InChI=1S/C11H11N3S/c12-10-5-11(15-13-10)14-6-8-3-1-2-4-9(8)7-14/h1-5H,6-7H2,(H2,12,13). The van der Waals surface area contributed by atoms with Crippen LogP contribution in [-0.4, -0.2) is 4.37 Å². The van der Waals surface area contributed by atoms with Crippen molar-refractivity contribution in [2.75, 3.05) is 10.6 Å². The van der Waals surface area contributed by atoms with Crippen molar-refractivity contribution in [3.8, 4) is 0 Å². The van der Waals surface area contributed by atoms with Crippen LogP contribution in [0.2, 0.25) is 0 Å². The van der Waals surface area contributed by atoms with Gasteiger partial charge in [0.2, 0.25) is 0 Å². The van der Waals surface area contributed by atoms with Crippen LogP contribution in [-0.2, 0) is 13.1 Å². The number of nitrogens with zero attached hydrogens (tertiary/aromatic N) is 2. The van der Waals surface area contributed by atoms with Crippen molar-refractivity contribution < 1.29 is 0 Å². The Morgan fingerprint density at radius 2 is 1.87 bits per heavy atom. The van der Waals surface area contributed by atoms with Crippen LogP contribution in [0.25, 0.3) is 0 Å². The Balaban J connectivity index is 1.90. The fourth-order valence-electron chi connectivity index (χ4n) is 1.92. The summed E-state index contributed by atoms with van der Waals surface area (Å²) in [5.74, 6) is 0.617. The molecule has 0 spiro atoms. The van der Waals surface area contributed by atoms with Gasteiger partial charge in [0.15, 0.2) is 0 Å². The SMILES string of the molecule is Nc1cc(N2Cc3ccccc3C2)sn1. The van der Waals surface area contributed by atoms with E-state index < -0.39 is 0 Å². The molecule has 3 nitrogen and oxygen atoms in total. The highest BCUT2D eigenvalue weighted by Gasteiger charge is 2.19. The van der Waals surface area contributed by atoms with E-state index in [-0.39, 0.29) is 0 Å². The predicted octanol–water partition coefficient (Wildman–Crippen LogP) is 2.25. The Morgan fingerprint density at radius 1 is 1.20 bits per heavy atom. The molecular formula is C11H11N3S. The second kappa shape index (κ2) is 3.24. The van der Waals surface area contributed by atoms with Crippen LogP contribution in [0.15, 0.2) is 30.3 Å². The minimum absolute atomic E-state index is 0.617. The quantitative estimate of drug-likeness (QED) is 0.796. The van der Waals surface area contributed by atoms with Crippen LogP contribution in [0.4, 0.5) is 10.8 Å². The van der Waals surface area contributed by atoms with Gasteiger partial charge in [0.05, 0.1) is 0 Å². The van der Waals surface area contributed by atoms with Crippen molar-refractivity contribution in [3.63, 3.8) is 0 Å². The molecule has 2 heterocycles. The Morgan fingerprint density at radius 3 is 2.40 bits per heavy atom. The second-order valence-electron chi connectivity index (χ2n) is 3.71. The molecule has 1 aromatic carbocycles. The molecule has 2 N–H and O–H groups in total. The maximum absolute atomic E-state index is 5.62. The molecule has 1 aliphatic heterocycles. The highest BCUT2D eigenvalue weighted by molar-refractivity contribution is 7.10. The van der Waals surface area contributed by atoms with Crippen LogP contribution in [0, 0.1) is 0 Å². The fourth-order valence-corrected chi connectivity index (χ4v) is 2.59. The first-order valence-corrected chi connectivity index (χ1v) is 5.64. The maximum atomic E-state index is 5.62. The van der Waals surface area contributed by atoms with Gasteiger partial charge in [0.1, 0.15) is 10.8 Å². The molecule has 0 aliphatic carbocycles. The van der Waals surface area contributed by atoms with Crippen LogP contribution in [0.1, 0.15) is 11.1 Å². The van der Waals surface area contributed by atoms with Gasteiger partial charge in [-0.05, 0) is 22.7 Å². The zero-order valence-electron chi connectivity index (χ0n) is 8.18. The van der Waals surface area contributed by atoms with Gasteiger partial charge in [-0.1, -0.05) is 24.3 Å². The van der Waals surface area contributed by atoms with Gasteiger partial charge in [0, 0.05) is 19.2 Å². The number of hydrogen-bond donors (Lipinski definition) is 1. The van der Waals surface area contributed by atoms with E-state index in [4.69, 9.17) is 5.73 Å². The van der Waals surface area contributed by atoms with Gasteiger partial charge < -0.3 is 10.6 Å². The minimum atomic E-state index is 0.617. The molecule has 1 aliphatic rings. The number of fused-ring (bicyclic) bond motifs is 1. The highest BCUT2D eigenvalue weighted by atomic mass is 32.1. The molecule has 0 unspecified atom stereocenters. The molecule has 3 rings (SSSR count).